The van der Waals surface area contributed by atoms with Gasteiger partial charge in [0.05, 0.1) is 6.04 Å². The second-order valence-corrected chi connectivity index (χ2v) is 4.12. The van der Waals surface area contributed by atoms with Crippen molar-refractivity contribution in [1.82, 2.24) is 5.32 Å². The molecule has 1 N–H and O–H groups in total. The first kappa shape index (κ1) is 13.4. The summed E-state index contributed by atoms with van der Waals surface area (Å²) < 4.78 is 0. The number of amides is 1. The van der Waals surface area contributed by atoms with Crippen molar-refractivity contribution in [1.29, 1.82) is 0 Å². The molecule has 0 aliphatic rings. The predicted molar refractivity (Wildman–Crippen MR) is 67.9 cm³/mol. The number of nitrogens with one attached hydrogen (secondary N) is 1. The Morgan fingerprint density at radius 3 is 2.47 bits per heavy atom. The van der Waals surface area contributed by atoms with Crippen LogP contribution in [-0.2, 0) is 4.79 Å². The Morgan fingerprint density at radius 2 is 1.88 bits per heavy atom. The van der Waals surface area contributed by atoms with Crippen molar-refractivity contribution in [2.24, 2.45) is 0 Å². The third kappa shape index (κ3) is 4.39. The van der Waals surface area contributed by atoms with Gasteiger partial charge < -0.3 is 5.32 Å². The molecule has 0 bridgehead atoms. The molecular weight excluding hydrogens is 214 g/mol. The molecule has 17 heavy (non-hydrogen) atoms. The minimum absolute atomic E-state index is 0.0459. The number of ketones is 1. The normalized spacial score (nSPS) is 11.9. The van der Waals surface area contributed by atoms with E-state index in [1.165, 1.54) is 0 Å². The molecule has 0 saturated heterocycles. The summed E-state index contributed by atoms with van der Waals surface area (Å²) in [4.78, 5) is 23.4. The first-order valence-corrected chi connectivity index (χ1v) is 6.03. The number of unbranched alkanes of at least 4 members (excludes halogenated alkanes) is 1. The Hall–Kier alpha value is -1.64. The number of rotatable bonds is 6. The highest BCUT2D eigenvalue weighted by atomic mass is 16.2. The van der Waals surface area contributed by atoms with Gasteiger partial charge in [0, 0.05) is 12.0 Å². The maximum atomic E-state index is 11.9. The average Bonchev–Trinajstić information content (AvgIpc) is 2.36. The third-order valence-electron chi connectivity index (χ3n) is 2.59. The fourth-order valence-corrected chi connectivity index (χ4v) is 1.57. The zero-order valence-corrected chi connectivity index (χ0v) is 10.4. The summed E-state index contributed by atoms with van der Waals surface area (Å²) in [6.45, 7) is 3.75. The zero-order valence-electron chi connectivity index (χ0n) is 10.4. The molecule has 1 amide bonds. The van der Waals surface area contributed by atoms with E-state index in [1.807, 2.05) is 25.1 Å². The lowest BCUT2D eigenvalue weighted by Crippen LogP contribution is -2.38. The Morgan fingerprint density at radius 1 is 1.24 bits per heavy atom. The van der Waals surface area contributed by atoms with Gasteiger partial charge in [-0.15, -0.1) is 0 Å². The molecule has 0 aliphatic carbocycles. The van der Waals surface area contributed by atoms with Gasteiger partial charge in [-0.2, -0.15) is 0 Å². The van der Waals surface area contributed by atoms with E-state index in [-0.39, 0.29) is 11.7 Å². The van der Waals surface area contributed by atoms with Crippen LogP contribution in [0.4, 0.5) is 0 Å². The molecule has 92 valence electrons. The predicted octanol–water partition coefficient (Wildman–Crippen LogP) is 2.56. The largest absolute Gasteiger partial charge is 0.346 e. The Kier molecular flexibility index (Phi) is 5.40. The van der Waals surface area contributed by atoms with Crippen LogP contribution in [-0.4, -0.2) is 17.7 Å². The number of Topliss-reactive ketones (excluding diaryl/α,β-unsaturated/α-hetero) is 1. The van der Waals surface area contributed by atoms with Gasteiger partial charge in [-0.05, 0) is 13.3 Å². The molecule has 0 saturated carbocycles. The van der Waals surface area contributed by atoms with E-state index in [4.69, 9.17) is 0 Å². The lowest BCUT2D eigenvalue weighted by Gasteiger charge is -2.12. The highest BCUT2D eigenvalue weighted by Crippen LogP contribution is 2.04. The minimum atomic E-state index is -0.457. The zero-order chi connectivity index (χ0) is 12.7. The molecule has 0 spiro atoms. The van der Waals surface area contributed by atoms with E-state index in [0.29, 0.717) is 12.0 Å². The fraction of sp³-hybridized carbons (Fsp3) is 0.429. The van der Waals surface area contributed by atoms with Crippen molar-refractivity contribution in [3.63, 3.8) is 0 Å². The average molecular weight is 233 g/mol. The number of hydrogen-bond donors (Lipinski definition) is 1. The van der Waals surface area contributed by atoms with Gasteiger partial charge in [0.1, 0.15) is 0 Å². The van der Waals surface area contributed by atoms with Crippen molar-refractivity contribution in [2.45, 2.75) is 39.2 Å². The fourth-order valence-electron chi connectivity index (χ4n) is 1.57. The Bertz CT molecular complexity index is 373. The van der Waals surface area contributed by atoms with E-state index in [1.54, 1.807) is 19.1 Å². The highest BCUT2D eigenvalue weighted by Gasteiger charge is 2.16. The Labute approximate surface area is 102 Å². The molecule has 1 rings (SSSR count). The van der Waals surface area contributed by atoms with E-state index in [0.717, 1.165) is 12.8 Å². The van der Waals surface area contributed by atoms with Crippen LogP contribution in [0.1, 0.15) is 43.5 Å². The standard InChI is InChI=1S/C14H19NO2/c1-3-4-10-13(16)15-11(2)14(17)12-8-6-5-7-9-12/h5-9,11H,3-4,10H2,1-2H3,(H,15,16). The summed E-state index contributed by atoms with van der Waals surface area (Å²) in [5, 5.41) is 2.72. The first-order chi connectivity index (χ1) is 8.15. The van der Waals surface area contributed by atoms with Crippen LogP contribution < -0.4 is 5.32 Å². The van der Waals surface area contributed by atoms with Gasteiger partial charge in [0.25, 0.3) is 0 Å². The maximum Gasteiger partial charge on any atom is 0.220 e. The van der Waals surface area contributed by atoms with Crippen LogP contribution in [0.2, 0.25) is 0 Å². The molecule has 3 heteroatoms. The number of hydrogen-bond acceptors (Lipinski definition) is 2. The molecule has 1 unspecified atom stereocenters. The topological polar surface area (TPSA) is 46.2 Å². The maximum absolute atomic E-state index is 11.9. The molecule has 3 nitrogen and oxygen atoms in total. The molecule has 0 aromatic heterocycles. The quantitative estimate of drug-likeness (QED) is 0.767. The summed E-state index contributed by atoms with van der Waals surface area (Å²) in [5.74, 6) is -0.0981. The molecule has 1 atom stereocenters. The van der Waals surface area contributed by atoms with Crippen molar-refractivity contribution in [3.8, 4) is 0 Å². The second kappa shape index (κ2) is 6.84. The lowest BCUT2D eigenvalue weighted by atomic mass is 10.1. The van der Waals surface area contributed by atoms with Gasteiger partial charge in [-0.1, -0.05) is 43.7 Å². The van der Waals surface area contributed by atoms with Crippen LogP contribution in [0, 0.1) is 0 Å². The highest BCUT2D eigenvalue weighted by molar-refractivity contribution is 6.01. The van der Waals surface area contributed by atoms with Crippen LogP contribution in [0.3, 0.4) is 0 Å². The summed E-state index contributed by atoms with van der Waals surface area (Å²) in [6.07, 6.45) is 2.33. The number of benzene rings is 1. The van der Waals surface area contributed by atoms with E-state index in [9.17, 15) is 9.59 Å². The van der Waals surface area contributed by atoms with Crippen LogP contribution in [0.5, 0.6) is 0 Å². The van der Waals surface area contributed by atoms with Crippen LogP contribution in [0.15, 0.2) is 30.3 Å². The molecule has 0 radical (unpaired) electrons. The monoisotopic (exact) mass is 233 g/mol. The lowest BCUT2D eigenvalue weighted by molar-refractivity contribution is -0.121. The minimum Gasteiger partial charge on any atom is -0.346 e. The van der Waals surface area contributed by atoms with E-state index < -0.39 is 6.04 Å². The first-order valence-electron chi connectivity index (χ1n) is 6.03. The SMILES string of the molecule is CCCCC(=O)NC(C)C(=O)c1ccccc1. The molecule has 1 aromatic rings. The van der Waals surface area contributed by atoms with Gasteiger partial charge >= 0.3 is 0 Å². The molecule has 1 aromatic carbocycles. The van der Waals surface area contributed by atoms with Gasteiger partial charge in [0.2, 0.25) is 5.91 Å². The smallest absolute Gasteiger partial charge is 0.220 e. The summed E-state index contributed by atoms with van der Waals surface area (Å²) in [5.41, 5.74) is 0.635. The molecular formula is C14H19NO2. The van der Waals surface area contributed by atoms with Crippen molar-refractivity contribution in [3.05, 3.63) is 35.9 Å². The summed E-state index contributed by atoms with van der Waals surface area (Å²) >= 11 is 0. The van der Waals surface area contributed by atoms with Crippen molar-refractivity contribution in [2.75, 3.05) is 0 Å². The molecule has 0 aliphatic heterocycles. The summed E-state index contributed by atoms with van der Waals surface area (Å²) in [6, 6.07) is 8.56. The molecule has 0 fully saturated rings. The van der Waals surface area contributed by atoms with Gasteiger partial charge in [-0.25, -0.2) is 0 Å². The van der Waals surface area contributed by atoms with E-state index in [2.05, 4.69) is 5.32 Å². The molecule has 0 heterocycles. The van der Waals surface area contributed by atoms with E-state index >= 15 is 0 Å². The third-order valence-corrected chi connectivity index (χ3v) is 2.59. The van der Waals surface area contributed by atoms with Crippen molar-refractivity contribution >= 4 is 11.7 Å². The number of carbonyl (C=O) groups is 2. The second-order valence-electron chi connectivity index (χ2n) is 4.12. The van der Waals surface area contributed by atoms with Crippen LogP contribution >= 0.6 is 0 Å². The Balaban J connectivity index is 2.50. The summed E-state index contributed by atoms with van der Waals surface area (Å²) in [7, 11) is 0. The van der Waals surface area contributed by atoms with Crippen LogP contribution in [0.25, 0.3) is 0 Å². The van der Waals surface area contributed by atoms with Crippen molar-refractivity contribution < 1.29 is 9.59 Å². The number of carbonyl (C=O) groups excluding carboxylic acids is 2. The van der Waals surface area contributed by atoms with Gasteiger partial charge in [0.15, 0.2) is 5.78 Å². The van der Waals surface area contributed by atoms with Gasteiger partial charge in [-0.3, -0.25) is 9.59 Å².